The summed E-state index contributed by atoms with van der Waals surface area (Å²) in [7, 11) is 1.58. The number of pyridine rings is 1. The van der Waals surface area contributed by atoms with Gasteiger partial charge in [0.25, 0.3) is 0 Å². The molecule has 0 atom stereocenters. The summed E-state index contributed by atoms with van der Waals surface area (Å²) in [6.07, 6.45) is 0. The van der Waals surface area contributed by atoms with Crippen LogP contribution >= 0.6 is 11.6 Å². The van der Waals surface area contributed by atoms with Crippen LogP contribution in [0.15, 0.2) is 30.3 Å². The van der Waals surface area contributed by atoms with Crippen molar-refractivity contribution in [3.05, 3.63) is 46.6 Å². The molecule has 0 fully saturated rings. The molecule has 1 aromatic carbocycles. The Hall–Kier alpha value is -2.73. The first-order valence-corrected chi connectivity index (χ1v) is 7.79. The number of rotatable bonds is 2. The zero-order valence-corrected chi connectivity index (χ0v) is 14.2. The van der Waals surface area contributed by atoms with Gasteiger partial charge in [0.2, 0.25) is 5.88 Å². The van der Waals surface area contributed by atoms with Crippen LogP contribution in [0.25, 0.3) is 28.2 Å². The molecule has 0 aliphatic carbocycles. The number of aryl methyl sites for hydroxylation is 2. The number of aromatic nitrogens is 5. The predicted octanol–water partition coefficient (Wildman–Crippen LogP) is 3.62. The van der Waals surface area contributed by atoms with Gasteiger partial charge in [-0.15, -0.1) is 10.2 Å². The number of fused-ring (bicyclic) bond motifs is 3. The number of benzene rings is 1. The lowest BCUT2D eigenvalue weighted by Gasteiger charge is -2.07. The maximum absolute atomic E-state index is 6.45. The van der Waals surface area contributed by atoms with E-state index in [0.29, 0.717) is 33.5 Å². The molecule has 0 saturated heterocycles. The number of halogens is 1. The van der Waals surface area contributed by atoms with E-state index in [-0.39, 0.29) is 0 Å². The molecule has 4 rings (SSSR count). The molecule has 0 N–H and O–H groups in total. The van der Waals surface area contributed by atoms with Gasteiger partial charge in [-0.05, 0) is 37.6 Å². The molecule has 0 unspecified atom stereocenters. The summed E-state index contributed by atoms with van der Waals surface area (Å²) in [6.45, 7) is 3.89. The highest BCUT2D eigenvalue weighted by atomic mass is 35.5. The molecule has 120 valence electrons. The Bertz CT molecular complexity index is 1090. The lowest BCUT2D eigenvalue weighted by molar-refractivity contribution is 0.399. The number of methoxy groups -OCH3 is 1. The molecule has 6 nitrogen and oxygen atoms in total. The van der Waals surface area contributed by atoms with Crippen molar-refractivity contribution in [3.8, 4) is 17.3 Å². The Balaban J connectivity index is 2.14. The van der Waals surface area contributed by atoms with E-state index in [1.807, 2.05) is 42.5 Å². The van der Waals surface area contributed by atoms with Crippen LogP contribution in [0, 0.1) is 13.8 Å². The predicted molar refractivity (Wildman–Crippen MR) is 92.6 cm³/mol. The Morgan fingerprint density at radius 1 is 1.00 bits per heavy atom. The second-order valence-electron chi connectivity index (χ2n) is 5.56. The lowest BCUT2D eigenvalue weighted by atomic mass is 10.1. The van der Waals surface area contributed by atoms with Gasteiger partial charge in [0.1, 0.15) is 11.3 Å². The third-order valence-electron chi connectivity index (χ3n) is 3.89. The standard InChI is InChI=1S/C17H14ClN5O/c1-9-4-5-11(12(18)8-9)16-19-10(2)15-22-21-13-6-7-14(24-3)20-17(13)23(15)16/h4-8H,1-3H3. The van der Waals surface area contributed by atoms with Crippen LogP contribution in [0.5, 0.6) is 5.88 Å². The van der Waals surface area contributed by atoms with Gasteiger partial charge < -0.3 is 4.74 Å². The molecular formula is C17H14ClN5O. The Kier molecular flexibility index (Phi) is 3.35. The maximum atomic E-state index is 6.45. The summed E-state index contributed by atoms with van der Waals surface area (Å²) in [4.78, 5) is 9.18. The summed E-state index contributed by atoms with van der Waals surface area (Å²) >= 11 is 6.45. The van der Waals surface area contributed by atoms with Crippen LogP contribution in [-0.2, 0) is 0 Å². The minimum atomic E-state index is 0.504. The monoisotopic (exact) mass is 339 g/mol. The first kappa shape index (κ1) is 14.8. The molecule has 0 bridgehead atoms. The van der Waals surface area contributed by atoms with Gasteiger partial charge in [0, 0.05) is 11.6 Å². The molecule has 0 aliphatic rings. The van der Waals surface area contributed by atoms with E-state index in [4.69, 9.17) is 16.3 Å². The zero-order chi connectivity index (χ0) is 16.8. The SMILES string of the molecule is COc1ccc2nnc3c(C)nc(-c4ccc(C)cc4Cl)n3c2n1. The third kappa shape index (κ3) is 2.18. The molecule has 3 aromatic heterocycles. The van der Waals surface area contributed by atoms with E-state index in [1.54, 1.807) is 13.2 Å². The van der Waals surface area contributed by atoms with Gasteiger partial charge in [0.05, 0.1) is 17.8 Å². The highest BCUT2D eigenvalue weighted by Gasteiger charge is 2.18. The van der Waals surface area contributed by atoms with Crippen LogP contribution in [0.2, 0.25) is 5.02 Å². The molecular weight excluding hydrogens is 326 g/mol. The number of hydrogen-bond donors (Lipinski definition) is 0. The van der Waals surface area contributed by atoms with Crippen molar-refractivity contribution >= 4 is 28.4 Å². The fourth-order valence-corrected chi connectivity index (χ4v) is 3.02. The summed E-state index contributed by atoms with van der Waals surface area (Å²) < 4.78 is 7.12. The first-order valence-electron chi connectivity index (χ1n) is 7.41. The van der Waals surface area contributed by atoms with Crippen LogP contribution in [0.3, 0.4) is 0 Å². The van der Waals surface area contributed by atoms with Crippen molar-refractivity contribution in [2.45, 2.75) is 13.8 Å². The molecule has 24 heavy (non-hydrogen) atoms. The van der Waals surface area contributed by atoms with Crippen LogP contribution in [0.1, 0.15) is 11.3 Å². The fraction of sp³-hybridized carbons (Fsp3) is 0.176. The lowest BCUT2D eigenvalue weighted by Crippen LogP contribution is -2.00. The second-order valence-corrected chi connectivity index (χ2v) is 5.97. The fourth-order valence-electron chi connectivity index (χ4n) is 2.70. The number of ether oxygens (including phenoxy) is 1. The zero-order valence-electron chi connectivity index (χ0n) is 13.4. The molecule has 3 heterocycles. The van der Waals surface area contributed by atoms with Gasteiger partial charge in [-0.1, -0.05) is 17.7 Å². The van der Waals surface area contributed by atoms with Gasteiger partial charge in [0.15, 0.2) is 11.3 Å². The number of imidazole rings is 1. The van der Waals surface area contributed by atoms with Crippen molar-refractivity contribution < 1.29 is 4.74 Å². The molecule has 0 spiro atoms. The van der Waals surface area contributed by atoms with Crippen molar-refractivity contribution in [1.29, 1.82) is 0 Å². The van der Waals surface area contributed by atoms with Crippen molar-refractivity contribution in [3.63, 3.8) is 0 Å². The van der Waals surface area contributed by atoms with E-state index >= 15 is 0 Å². The van der Waals surface area contributed by atoms with Crippen molar-refractivity contribution in [2.24, 2.45) is 0 Å². The smallest absolute Gasteiger partial charge is 0.215 e. The van der Waals surface area contributed by atoms with Gasteiger partial charge >= 0.3 is 0 Å². The quantitative estimate of drug-likeness (QED) is 0.558. The highest BCUT2D eigenvalue weighted by molar-refractivity contribution is 6.33. The summed E-state index contributed by atoms with van der Waals surface area (Å²) in [5.41, 5.74) is 4.61. The van der Waals surface area contributed by atoms with Gasteiger partial charge in [-0.25, -0.2) is 4.98 Å². The molecule has 0 saturated carbocycles. The van der Waals surface area contributed by atoms with Crippen molar-refractivity contribution in [1.82, 2.24) is 24.6 Å². The topological polar surface area (TPSA) is 65.2 Å². The Morgan fingerprint density at radius 3 is 2.58 bits per heavy atom. The highest BCUT2D eigenvalue weighted by Crippen LogP contribution is 2.31. The molecule has 7 heteroatoms. The third-order valence-corrected chi connectivity index (χ3v) is 4.20. The van der Waals surface area contributed by atoms with E-state index in [2.05, 4.69) is 20.2 Å². The average Bonchev–Trinajstić information content (AvgIpc) is 2.91. The number of nitrogens with zero attached hydrogens (tertiary/aromatic N) is 5. The molecule has 0 amide bonds. The summed E-state index contributed by atoms with van der Waals surface area (Å²) in [5.74, 6) is 1.19. The van der Waals surface area contributed by atoms with Gasteiger partial charge in [-0.3, -0.25) is 4.40 Å². The van der Waals surface area contributed by atoms with Crippen LogP contribution in [-0.4, -0.2) is 31.7 Å². The minimum Gasteiger partial charge on any atom is -0.481 e. The van der Waals surface area contributed by atoms with E-state index in [9.17, 15) is 0 Å². The van der Waals surface area contributed by atoms with E-state index < -0.39 is 0 Å². The molecule has 4 aromatic rings. The van der Waals surface area contributed by atoms with Crippen LogP contribution < -0.4 is 4.74 Å². The van der Waals surface area contributed by atoms with Crippen molar-refractivity contribution in [2.75, 3.05) is 7.11 Å². The summed E-state index contributed by atoms with van der Waals surface area (Å²) in [6, 6.07) is 9.45. The van der Waals surface area contributed by atoms with E-state index in [0.717, 1.165) is 16.8 Å². The normalized spacial score (nSPS) is 11.3. The largest absolute Gasteiger partial charge is 0.481 e. The maximum Gasteiger partial charge on any atom is 0.215 e. The average molecular weight is 340 g/mol. The van der Waals surface area contributed by atoms with Crippen LogP contribution in [0.4, 0.5) is 0 Å². The Morgan fingerprint density at radius 2 is 1.83 bits per heavy atom. The first-order chi connectivity index (χ1) is 11.6. The van der Waals surface area contributed by atoms with Gasteiger partial charge in [-0.2, -0.15) is 4.98 Å². The van der Waals surface area contributed by atoms with E-state index in [1.165, 1.54) is 0 Å². The molecule has 0 aliphatic heterocycles. The Labute approximate surface area is 143 Å². The molecule has 0 radical (unpaired) electrons. The second kappa shape index (κ2) is 5.42. The summed E-state index contributed by atoms with van der Waals surface area (Å²) in [5, 5.41) is 9.15. The minimum absolute atomic E-state index is 0.504. The number of hydrogen-bond acceptors (Lipinski definition) is 5.